The minimum absolute atomic E-state index is 0.0156. The fourth-order valence-corrected chi connectivity index (χ4v) is 3.24. The smallest absolute Gasteiger partial charge is 0.256 e. The number of piperidine rings is 1. The Balaban J connectivity index is 1.80. The Hall–Kier alpha value is -2.14. The lowest BCUT2D eigenvalue weighted by molar-refractivity contribution is 0.0338. The third kappa shape index (κ3) is 3.01. The van der Waals surface area contributed by atoms with Gasteiger partial charge in [-0.15, -0.1) is 0 Å². The number of para-hydroxylation sites is 1. The van der Waals surface area contributed by atoms with Crippen LogP contribution in [0.5, 0.6) is 0 Å². The Morgan fingerprint density at radius 1 is 1.26 bits per heavy atom. The van der Waals surface area contributed by atoms with Gasteiger partial charge in [-0.25, -0.2) is 4.68 Å². The molecule has 1 aliphatic heterocycles. The number of likely N-dealkylation sites (tertiary alicyclic amines) is 1. The van der Waals surface area contributed by atoms with Crippen LogP contribution in [-0.2, 0) is 0 Å². The van der Waals surface area contributed by atoms with E-state index in [1.807, 2.05) is 41.4 Å². The number of aliphatic hydroxyl groups is 1. The maximum Gasteiger partial charge on any atom is 0.256 e. The van der Waals surface area contributed by atoms with Crippen LogP contribution in [0.4, 0.5) is 0 Å². The number of nitrogens with zero attached hydrogens (tertiary/aromatic N) is 3. The second kappa shape index (κ2) is 6.54. The van der Waals surface area contributed by atoms with E-state index in [1.165, 1.54) is 0 Å². The number of benzene rings is 1. The third-order valence-electron chi connectivity index (χ3n) is 5.08. The Kier molecular flexibility index (Phi) is 4.48. The van der Waals surface area contributed by atoms with E-state index in [9.17, 15) is 9.90 Å². The Bertz CT molecular complexity index is 653. The van der Waals surface area contributed by atoms with E-state index in [1.54, 1.807) is 10.9 Å². The second-order valence-corrected chi connectivity index (χ2v) is 6.27. The van der Waals surface area contributed by atoms with E-state index in [4.69, 9.17) is 0 Å². The largest absolute Gasteiger partial charge is 0.396 e. The molecule has 0 bridgehead atoms. The van der Waals surface area contributed by atoms with Crippen LogP contribution in [0.3, 0.4) is 0 Å². The first-order valence-corrected chi connectivity index (χ1v) is 8.18. The fraction of sp³-hybridized carbons (Fsp3) is 0.444. The number of aliphatic hydroxyl groups excluding tert-OH is 1. The SMILES string of the molecule is CCC1(CO)CCN(C(=O)c2ccccc2-n2cccn2)CC1. The molecule has 1 aromatic heterocycles. The van der Waals surface area contributed by atoms with Crippen LogP contribution in [0.2, 0.25) is 0 Å². The van der Waals surface area contributed by atoms with Crippen LogP contribution < -0.4 is 0 Å². The van der Waals surface area contributed by atoms with E-state index in [0.717, 1.165) is 24.9 Å². The van der Waals surface area contributed by atoms with Crippen LogP contribution in [0.25, 0.3) is 5.69 Å². The molecule has 3 rings (SSSR count). The van der Waals surface area contributed by atoms with E-state index < -0.39 is 0 Å². The van der Waals surface area contributed by atoms with Crippen molar-refractivity contribution < 1.29 is 9.90 Å². The summed E-state index contributed by atoms with van der Waals surface area (Å²) in [6, 6.07) is 9.41. The van der Waals surface area contributed by atoms with E-state index in [0.29, 0.717) is 18.7 Å². The first kappa shape index (κ1) is 15.7. The molecule has 1 N–H and O–H groups in total. The summed E-state index contributed by atoms with van der Waals surface area (Å²) >= 11 is 0. The zero-order valence-electron chi connectivity index (χ0n) is 13.5. The topological polar surface area (TPSA) is 58.4 Å². The van der Waals surface area contributed by atoms with Crippen LogP contribution in [-0.4, -0.2) is 45.4 Å². The minimum Gasteiger partial charge on any atom is -0.396 e. The van der Waals surface area contributed by atoms with E-state index in [-0.39, 0.29) is 17.9 Å². The van der Waals surface area contributed by atoms with Crippen molar-refractivity contribution >= 4 is 5.91 Å². The van der Waals surface area contributed by atoms with Gasteiger partial charge in [-0.1, -0.05) is 19.1 Å². The number of carbonyl (C=O) groups excluding carboxylic acids is 1. The van der Waals surface area contributed by atoms with Gasteiger partial charge in [0.05, 0.1) is 11.3 Å². The molecule has 2 aromatic rings. The van der Waals surface area contributed by atoms with Crippen molar-refractivity contribution in [2.75, 3.05) is 19.7 Å². The van der Waals surface area contributed by atoms with Gasteiger partial charge in [-0.3, -0.25) is 4.79 Å². The van der Waals surface area contributed by atoms with Crippen molar-refractivity contribution in [3.05, 3.63) is 48.3 Å². The molecule has 1 aromatic carbocycles. The maximum absolute atomic E-state index is 12.9. The fourth-order valence-electron chi connectivity index (χ4n) is 3.24. The van der Waals surface area contributed by atoms with Gasteiger partial charge in [0, 0.05) is 32.1 Å². The molecule has 23 heavy (non-hydrogen) atoms. The number of hydrogen-bond acceptors (Lipinski definition) is 3. The summed E-state index contributed by atoms with van der Waals surface area (Å²) in [7, 11) is 0. The highest BCUT2D eigenvalue weighted by Crippen LogP contribution is 2.34. The zero-order chi connectivity index (χ0) is 16.3. The number of hydrogen-bond donors (Lipinski definition) is 1. The standard InChI is InChI=1S/C18H23N3O2/c1-2-18(14-22)8-12-20(13-9-18)17(23)15-6-3-4-7-16(15)21-11-5-10-19-21/h3-7,10-11,22H,2,8-9,12-14H2,1H3. The number of rotatable bonds is 4. The summed E-state index contributed by atoms with van der Waals surface area (Å²) in [5, 5.41) is 13.9. The van der Waals surface area contributed by atoms with Crippen LogP contribution in [0.1, 0.15) is 36.5 Å². The molecule has 0 saturated carbocycles. The van der Waals surface area contributed by atoms with Gasteiger partial charge in [0.25, 0.3) is 5.91 Å². The highest BCUT2D eigenvalue weighted by molar-refractivity contribution is 5.97. The maximum atomic E-state index is 12.9. The van der Waals surface area contributed by atoms with Gasteiger partial charge >= 0.3 is 0 Å². The minimum atomic E-state index is -0.0156. The quantitative estimate of drug-likeness (QED) is 0.943. The molecule has 1 amide bonds. The van der Waals surface area contributed by atoms with Gasteiger partial charge in [0.15, 0.2) is 0 Å². The van der Waals surface area contributed by atoms with Gasteiger partial charge in [-0.2, -0.15) is 5.10 Å². The zero-order valence-corrected chi connectivity index (χ0v) is 13.5. The second-order valence-electron chi connectivity index (χ2n) is 6.27. The predicted octanol–water partition coefficient (Wildman–Crippen LogP) is 2.50. The molecular formula is C18H23N3O2. The monoisotopic (exact) mass is 313 g/mol. The molecule has 5 nitrogen and oxygen atoms in total. The lowest BCUT2D eigenvalue weighted by atomic mass is 9.77. The molecule has 2 heterocycles. The summed E-state index contributed by atoms with van der Waals surface area (Å²) in [4.78, 5) is 14.8. The molecule has 1 saturated heterocycles. The van der Waals surface area contributed by atoms with Crippen LogP contribution in [0.15, 0.2) is 42.7 Å². The van der Waals surface area contributed by atoms with Crippen LogP contribution >= 0.6 is 0 Å². The highest BCUT2D eigenvalue weighted by Gasteiger charge is 2.34. The molecule has 122 valence electrons. The normalized spacial score (nSPS) is 17.2. The summed E-state index contributed by atoms with van der Waals surface area (Å²) in [6.07, 6.45) is 6.22. The first-order valence-electron chi connectivity index (χ1n) is 8.18. The number of carbonyl (C=O) groups is 1. The van der Waals surface area contributed by atoms with Crippen LogP contribution in [0, 0.1) is 5.41 Å². The Morgan fingerprint density at radius 3 is 2.61 bits per heavy atom. The Morgan fingerprint density at radius 2 is 2.00 bits per heavy atom. The molecule has 0 aliphatic carbocycles. The third-order valence-corrected chi connectivity index (χ3v) is 5.08. The van der Waals surface area contributed by atoms with E-state index in [2.05, 4.69) is 12.0 Å². The Labute approximate surface area is 136 Å². The van der Waals surface area contributed by atoms with Crippen molar-refractivity contribution in [2.24, 2.45) is 5.41 Å². The van der Waals surface area contributed by atoms with Crippen molar-refractivity contribution in [1.82, 2.24) is 14.7 Å². The molecule has 0 atom stereocenters. The molecule has 0 spiro atoms. The first-order chi connectivity index (χ1) is 11.2. The number of aromatic nitrogens is 2. The van der Waals surface area contributed by atoms with Crippen molar-refractivity contribution in [3.8, 4) is 5.69 Å². The molecule has 0 unspecified atom stereocenters. The van der Waals surface area contributed by atoms with Gasteiger partial charge in [0.1, 0.15) is 0 Å². The highest BCUT2D eigenvalue weighted by atomic mass is 16.3. The van der Waals surface area contributed by atoms with E-state index >= 15 is 0 Å². The summed E-state index contributed by atoms with van der Waals surface area (Å²) in [5.41, 5.74) is 1.46. The number of amides is 1. The van der Waals surface area contributed by atoms with Crippen molar-refractivity contribution in [1.29, 1.82) is 0 Å². The average Bonchev–Trinajstić information content (AvgIpc) is 3.16. The lowest BCUT2D eigenvalue weighted by Crippen LogP contribution is -2.44. The predicted molar refractivity (Wildman–Crippen MR) is 88.5 cm³/mol. The van der Waals surface area contributed by atoms with Crippen molar-refractivity contribution in [2.45, 2.75) is 26.2 Å². The summed E-state index contributed by atoms with van der Waals surface area (Å²) in [5.74, 6) is 0.0405. The summed E-state index contributed by atoms with van der Waals surface area (Å²) < 4.78 is 1.72. The molecule has 0 radical (unpaired) electrons. The summed E-state index contributed by atoms with van der Waals surface area (Å²) in [6.45, 7) is 3.71. The molecule has 1 fully saturated rings. The van der Waals surface area contributed by atoms with Gasteiger partial charge < -0.3 is 10.0 Å². The molecular weight excluding hydrogens is 290 g/mol. The molecule has 1 aliphatic rings. The molecule has 5 heteroatoms. The van der Waals surface area contributed by atoms with Crippen molar-refractivity contribution in [3.63, 3.8) is 0 Å². The van der Waals surface area contributed by atoms with Gasteiger partial charge in [-0.05, 0) is 42.9 Å². The average molecular weight is 313 g/mol. The van der Waals surface area contributed by atoms with Gasteiger partial charge in [0.2, 0.25) is 0 Å². The lowest BCUT2D eigenvalue weighted by Gasteiger charge is -2.40.